The fourth-order valence-corrected chi connectivity index (χ4v) is 1.85. The third-order valence-electron chi connectivity index (χ3n) is 2.36. The zero-order valence-electron chi connectivity index (χ0n) is 9.17. The Morgan fingerprint density at radius 3 is 2.80 bits per heavy atom. The minimum absolute atomic E-state index is 0.0910. The number of aromatic amines is 1. The van der Waals surface area contributed by atoms with Crippen LogP contribution in [0.3, 0.4) is 0 Å². The molecule has 0 aliphatic carbocycles. The van der Waals surface area contributed by atoms with Crippen molar-refractivity contribution in [3.8, 4) is 0 Å². The molecular formula is C10H16IN3O. The largest absolute Gasteiger partial charge is 0.366 e. The Hall–Kier alpha value is -0.590. The topological polar surface area (TPSA) is 57.8 Å². The number of H-pyrrole nitrogens is 1. The lowest BCUT2D eigenvalue weighted by atomic mass is 10.0. The molecule has 0 aliphatic rings. The van der Waals surface area contributed by atoms with Gasteiger partial charge < -0.3 is 10.3 Å². The number of halogens is 1. The molecule has 1 heterocycles. The van der Waals surface area contributed by atoms with E-state index in [1.165, 1.54) is 6.33 Å². The smallest absolute Gasteiger partial charge is 0.266 e. The van der Waals surface area contributed by atoms with E-state index in [4.69, 9.17) is 0 Å². The maximum absolute atomic E-state index is 11.3. The van der Waals surface area contributed by atoms with Crippen molar-refractivity contribution in [2.75, 3.05) is 5.32 Å². The van der Waals surface area contributed by atoms with Gasteiger partial charge in [-0.15, -0.1) is 0 Å². The van der Waals surface area contributed by atoms with Gasteiger partial charge in [-0.2, -0.15) is 0 Å². The molecule has 0 aromatic carbocycles. The first-order valence-electron chi connectivity index (χ1n) is 5.06. The molecule has 0 saturated carbocycles. The van der Waals surface area contributed by atoms with Crippen molar-refractivity contribution in [2.45, 2.75) is 33.2 Å². The summed E-state index contributed by atoms with van der Waals surface area (Å²) in [5.74, 6) is 1.20. The van der Waals surface area contributed by atoms with Crippen LogP contribution in [-0.4, -0.2) is 16.0 Å². The third-order valence-corrected chi connectivity index (χ3v) is 3.36. The molecule has 0 amide bonds. The maximum atomic E-state index is 11.3. The van der Waals surface area contributed by atoms with Crippen molar-refractivity contribution in [1.82, 2.24) is 9.97 Å². The van der Waals surface area contributed by atoms with E-state index in [1.54, 1.807) is 0 Å². The molecule has 0 saturated heterocycles. The Kier molecular flexibility index (Phi) is 4.56. The Bertz CT molecular complexity index is 375. The number of anilines is 1. The third kappa shape index (κ3) is 3.19. The summed E-state index contributed by atoms with van der Waals surface area (Å²) in [5, 5.41) is 3.30. The molecule has 1 atom stereocenters. The Labute approximate surface area is 103 Å². The van der Waals surface area contributed by atoms with E-state index in [0.717, 1.165) is 6.42 Å². The fourth-order valence-electron chi connectivity index (χ4n) is 1.40. The second kappa shape index (κ2) is 5.48. The number of nitrogens with zero attached hydrogens (tertiary/aromatic N) is 1. The summed E-state index contributed by atoms with van der Waals surface area (Å²) in [6.45, 7) is 6.43. The van der Waals surface area contributed by atoms with Gasteiger partial charge in [-0.05, 0) is 34.9 Å². The van der Waals surface area contributed by atoms with E-state index in [9.17, 15) is 4.79 Å². The van der Waals surface area contributed by atoms with Crippen LogP contribution in [0, 0.1) is 9.49 Å². The second-order valence-corrected chi connectivity index (χ2v) is 4.88. The van der Waals surface area contributed by atoms with E-state index < -0.39 is 0 Å². The molecule has 1 rings (SSSR count). The number of aromatic nitrogens is 2. The molecule has 5 heteroatoms. The van der Waals surface area contributed by atoms with Gasteiger partial charge in [0.1, 0.15) is 9.39 Å². The molecule has 84 valence electrons. The summed E-state index contributed by atoms with van der Waals surface area (Å²) in [6.07, 6.45) is 2.45. The lowest BCUT2D eigenvalue weighted by molar-refractivity contribution is 0.509. The van der Waals surface area contributed by atoms with Crippen LogP contribution in [0.4, 0.5) is 5.82 Å². The van der Waals surface area contributed by atoms with Gasteiger partial charge in [-0.25, -0.2) is 4.98 Å². The molecule has 15 heavy (non-hydrogen) atoms. The van der Waals surface area contributed by atoms with E-state index >= 15 is 0 Å². The molecular weight excluding hydrogens is 305 g/mol. The molecule has 1 unspecified atom stereocenters. The molecule has 1 aromatic rings. The highest BCUT2D eigenvalue weighted by Gasteiger charge is 2.13. The first-order chi connectivity index (χ1) is 7.06. The highest BCUT2D eigenvalue weighted by atomic mass is 127. The standard InChI is InChI=1S/C10H16IN3O/c1-4-7(6(2)3)14-9-8(11)10(15)13-5-12-9/h5-7H,4H2,1-3H3,(H2,12,13,14,15). The predicted octanol–water partition coefficient (Wildman–Crippen LogP) is 2.22. The Balaban J connectivity index is 2.88. The normalized spacial score (nSPS) is 12.9. The first-order valence-corrected chi connectivity index (χ1v) is 6.13. The average molecular weight is 321 g/mol. The lowest BCUT2D eigenvalue weighted by Crippen LogP contribution is -2.27. The highest BCUT2D eigenvalue weighted by molar-refractivity contribution is 14.1. The summed E-state index contributed by atoms with van der Waals surface area (Å²) in [5.41, 5.74) is -0.0910. The van der Waals surface area contributed by atoms with Crippen molar-refractivity contribution in [3.05, 3.63) is 20.3 Å². The van der Waals surface area contributed by atoms with Crippen LogP contribution >= 0.6 is 22.6 Å². The summed E-state index contributed by atoms with van der Waals surface area (Å²) in [7, 11) is 0. The summed E-state index contributed by atoms with van der Waals surface area (Å²) in [4.78, 5) is 18.0. The van der Waals surface area contributed by atoms with Crippen LogP contribution in [-0.2, 0) is 0 Å². The molecule has 2 N–H and O–H groups in total. The van der Waals surface area contributed by atoms with Crippen molar-refractivity contribution < 1.29 is 0 Å². The number of rotatable bonds is 4. The maximum Gasteiger partial charge on any atom is 0.266 e. The zero-order chi connectivity index (χ0) is 11.4. The molecule has 0 spiro atoms. The second-order valence-electron chi connectivity index (χ2n) is 3.80. The van der Waals surface area contributed by atoms with Crippen molar-refractivity contribution in [1.29, 1.82) is 0 Å². The monoisotopic (exact) mass is 321 g/mol. The van der Waals surface area contributed by atoms with Crippen LogP contribution in [0.5, 0.6) is 0 Å². The molecule has 4 nitrogen and oxygen atoms in total. The summed E-state index contributed by atoms with van der Waals surface area (Å²) < 4.78 is 0.620. The quantitative estimate of drug-likeness (QED) is 0.836. The van der Waals surface area contributed by atoms with Gasteiger partial charge in [0.2, 0.25) is 0 Å². The Morgan fingerprint density at radius 1 is 1.60 bits per heavy atom. The van der Waals surface area contributed by atoms with Crippen LogP contribution in [0.15, 0.2) is 11.1 Å². The highest BCUT2D eigenvalue weighted by Crippen LogP contribution is 2.15. The first kappa shape index (κ1) is 12.5. The molecule has 1 aromatic heterocycles. The minimum Gasteiger partial charge on any atom is -0.366 e. The molecule has 0 radical (unpaired) electrons. The average Bonchev–Trinajstić information content (AvgIpc) is 2.19. The zero-order valence-corrected chi connectivity index (χ0v) is 11.3. The van der Waals surface area contributed by atoms with Crippen molar-refractivity contribution >= 4 is 28.4 Å². The number of hydrogen-bond donors (Lipinski definition) is 2. The molecule has 0 bridgehead atoms. The minimum atomic E-state index is -0.0910. The van der Waals surface area contributed by atoms with Crippen LogP contribution in [0.2, 0.25) is 0 Å². The summed E-state index contributed by atoms with van der Waals surface area (Å²) in [6, 6.07) is 0.354. The van der Waals surface area contributed by atoms with Gasteiger partial charge in [0.25, 0.3) is 5.56 Å². The summed E-state index contributed by atoms with van der Waals surface area (Å²) >= 11 is 2.01. The van der Waals surface area contributed by atoms with Gasteiger partial charge in [0.05, 0.1) is 6.33 Å². The number of nitrogens with one attached hydrogen (secondary N) is 2. The van der Waals surface area contributed by atoms with Crippen LogP contribution in [0.25, 0.3) is 0 Å². The number of hydrogen-bond acceptors (Lipinski definition) is 3. The van der Waals surface area contributed by atoms with Crippen LogP contribution in [0.1, 0.15) is 27.2 Å². The van der Waals surface area contributed by atoms with E-state index in [1.807, 2.05) is 22.6 Å². The van der Waals surface area contributed by atoms with E-state index in [0.29, 0.717) is 21.3 Å². The van der Waals surface area contributed by atoms with Gasteiger partial charge >= 0.3 is 0 Å². The lowest BCUT2D eigenvalue weighted by Gasteiger charge is -2.21. The van der Waals surface area contributed by atoms with Gasteiger partial charge in [-0.1, -0.05) is 20.8 Å². The SMILES string of the molecule is CCC(Nc1nc[nH]c(=O)c1I)C(C)C. The fraction of sp³-hybridized carbons (Fsp3) is 0.600. The Morgan fingerprint density at radius 2 is 2.27 bits per heavy atom. The van der Waals surface area contributed by atoms with E-state index in [2.05, 4.69) is 36.1 Å². The van der Waals surface area contributed by atoms with Gasteiger partial charge in [-0.3, -0.25) is 4.79 Å². The van der Waals surface area contributed by atoms with Crippen LogP contribution < -0.4 is 10.9 Å². The van der Waals surface area contributed by atoms with Gasteiger partial charge in [0.15, 0.2) is 0 Å². The van der Waals surface area contributed by atoms with Crippen molar-refractivity contribution in [2.24, 2.45) is 5.92 Å². The molecule has 0 fully saturated rings. The van der Waals surface area contributed by atoms with Crippen molar-refractivity contribution in [3.63, 3.8) is 0 Å². The van der Waals surface area contributed by atoms with Gasteiger partial charge in [0, 0.05) is 6.04 Å². The molecule has 0 aliphatic heterocycles. The predicted molar refractivity (Wildman–Crippen MR) is 70.1 cm³/mol. The van der Waals surface area contributed by atoms with E-state index in [-0.39, 0.29) is 5.56 Å².